The van der Waals surface area contributed by atoms with Crippen LogP contribution >= 0.6 is 23.8 Å². The molecular weight excluding hydrogens is 406 g/mol. The second-order valence-corrected chi connectivity index (χ2v) is 8.01. The first-order chi connectivity index (χ1) is 14.0. The molecule has 6 nitrogen and oxygen atoms in total. The Kier molecular flexibility index (Phi) is 5.89. The van der Waals surface area contributed by atoms with Gasteiger partial charge < -0.3 is 9.64 Å². The highest BCUT2D eigenvalue weighted by Crippen LogP contribution is 2.30. The molecule has 0 atom stereocenters. The van der Waals surface area contributed by atoms with Gasteiger partial charge in [0.2, 0.25) is 4.77 Å². The lowest BCUT2D eigenvalue weighted by molar-refractivity contribution is 0.194. The van der Waals surface area contributed by atoms with E-state index in [9.17, 15) is 0 Å². The molecule has 8 heteroatoms. The Balaban J connectivity index is 1.45. The first-order valence-electron chi connectivity index (χ1n) is 9.58. The lowest BCUT2D eigenvalue weighted by Crippen LogP contribution is -2.47. The Labute approximate surface area is 180 Å². The molecule has 1 aromatic heterocycles. The van der Waals surface area contributed by atoms with E-state index in [1.165, 1.54) is 11.3 Å². The average Bonchev–Trinajstić information content (AvgIpc) is 3.09. The molecule has 2 aromatic carbocycles. The summed E-state index contributed by atoms with van der Waals surface area (Å²) in [4.78, 5) is 9.32. The van der Waals surface area contributed by atoms with E-state index < -0.39 is 0 Å². The maximum atomic E-state index is 6.16. The molecule has 29 heavy (non-hydrogen) atoms. The van der Waals surface area contributed by atoms with Gasteiger partial charge in [-0.3, -0.25) is 10.00 Å². The number of hydrogen-bond donors (Lipinski definition) is 1. The molecule has 1 fully saturated rings. The quantitative estimate of drug-likeness (QED) is 0.611. The maximum Gasteiger partial charge on any atom is 0.217 e. The standard InChI is InChI=1S/C21H24ClN5OS/c1-15-4-3-5-17(12-15)26-10-8-25(9-11-26)14-27-21(29)23-20(24-27)18-13-16(22)6-7-19(18)28-2/h3-7,12-13H,8-11,14H2,1-2H3,(H,23,24,29). The van der Waals surface area contributed by atoms with Gasteiger partial charge in [-0.25, -0.2) is 4.68 Å². The van der Waals surface area contributed by atoms with Crippen LogP contribution in [0.5, 0.6) is 5.75 Å². The van der Waals surface area contributed by atoms with Crippen LogP contribution in [-0.4, -0.2) is 53.0 Å². The molecule has 0 spiro atoms. The molecule has 1 N–H and O–H groups in total. The van der Waals surface area contributed by atoms with Crippen LogP contribution in [0.25, 0.3) is 11.4 Å². The Bertz CT molecular complexity index is 1060. The lowest BCUT2D eigenvalue weighted by Gasteiger charge is -2.36. The van der Waals surface area contributed by atoms with Crippen molar-refractivity contribution in [2.75, 3.05) is 38.2 Å². The topological polar surface area (TPSA) is 49.3 Å². The monoisotopic (exact) mass is 429 g/mol. The summed E-state index contributed by atoms with van der Waals surface area (Å²) in [7, 11) is 1.63. The third-order valence-corrected chi connectivity index (χ3v) is 5.72. The molecule has 2 heterocycles. The van der Waals surface area contributed by atoms with Crippen molar-refractivity contribution < 1.29 is 4.74 Å². The molecule has 0 bridgehead atoms. The van der Waals surface area contributed by atoms with Crippen LogP contribution in [0.2, 0.25) is 5.02 Å². The minimum Gasteiger partial charge on any atom is -0.496 e. The largest absolute Gasteiger partial charge is 0.496 e. The summed E-state index contributed by atoms with van der Waals surface area (Å²) in [5, 5.41) is 3.93. The molecule has 3 aromatic rings. The van der Waals surface area contributed by atoms with E-state index in [0.717, 1.165) is 31.7 Å². The molecule has 1 saturated heterocycles. The van der Waals surface area contributed by atoms with E-state index in [1.54, 1.807) is 13.2 Å². The number of nitrogens with one attached hydrogen (secondary N) is 1. The van der Waals surface area contributed by atoms with Crippen molar-refractivity contribution in [3.05, 3.63) is 57.8 Å². The third kappa shape index (κ3) is 4.47. The Morgan fingerprint density at radius 1 is 1.14 bits per heavy atom. The van der Waals surface area contributed by atoms with Crippen LogP contribution in [0, 0.1) is 11.7 Å². The van der Waals surface area contributed by atoms with Crippen molar-refractivity contribution >= 4 is 29.5 Å². The van der Waals surface area contributed by atoms with Gasteiger partial charge in [0.1, 0.15) is 5.75 Å². The van der Waals surface area contributed by atoms with Crippen LogP contribution in [0.15, 0.2) is 42.5 Å². The fourth-order valence-electron chi connectivity index (χ4n) is 3.61. The van der Waals surface area contributed by atoms with Gasteiger partial charge in [-0.1, -0.05) is 23.7 Å². The Morgan fingerprint density at radius 3 is 2.66 bits per heavy atom. The first kappa shape index (κ1) is 19.9. The number of aryl methyl sites for hydroxylation is 1. The Hall–Kier alpha value is -2.35. The van der Waals surface area contributed by atoms with Gasteiger partial charge in [-0.2, -0.15) is 4.98 Å². The predicted molar refractivity (Wildman–Crippen MR) is 119 cm³/mol. The van der Waals surface area contributed by atoms with Gasteiger partial charge in [-0.05, 0) is 55.0 Å². The zero-order valence-electron chi connectivity index (χ0n) is 16.6. The second kappa shape index (κ2) is 8.57. The van der Waals surface area contributed by atoms with Crippen molar-refractivity contribution in [3.8, 4) is 17.1 Å². The van der Waals surface area contributed by atoms with Crippen molar-refractivity contribution in [1.82, 2.24) is 19.7 Å². The number of H-pyrrole nitrogens is 1. The first-order valence-corrected chi connectivity index (χ1v) is 10.4. The van der Waals surface area contributed by atoms with Gasteiger partial charge in [0, 0.05) is 36.9 Å². The van der Waals surface area contributed by atoms with E-state index >= 15 is 0 Å². The zero-order valence-corrected chi connectivity index (χ0v) is 18.1. The van der Waals surface area contributed by atoms with E-state index in [2.05, 4.69) is 51.1 Å². The maximum absolute atomic E-state index is 6.16. The number of hydrogen-bond acceptors (Lipinski definition) is 5. The Morgan fingerprint density at radius 2 is 1.93 bits per heavy atom. The highest BCUT2D eigenvalue weighted by Gasteiger charge is 2.19. The summed E-state index contributed by atoms with van der Waals surface area (Å²) < 4.78 is 7.85. The van der Waals surface area contributed by atoms with Crippen molar-refractivity contribution in [3.63, 3.8) is 0 Å². The summed E-state index contributed by atoms with van der Waals surface area (Å²) >= 11 is 11.6. The van der Waals surface area contributed by atoms with E-state index in [4.69, 9.17) is 28.6 Å². The van der Waals surface area contributed by atoms with Crippen molar-refractivity contribution in [2.45, 2.75) is 13.6 Å². The molecule has 152 valence electrons. The smallest absolute Gasteiger partial charge is 0.217 e. The normalized spacial score (nSPS) is 14.9. The zero-order chi connectivity index (χ0) is 20.4. The SMILES string of the molecule is COc1ccc(Cl)cc1-c1nc(=S)n(CN2CCN(c3cccc(C)c3)CC2)[nH]1. The molecule has 0 aliphatic carbocycles. The van der Waals surface area contributed by atoms with Crippen molar-refractivity contribution in [1.29, 1.82) is 0 Å². The molecular formula is C21H24ClN5OS. The minimum absolute atomic E-state index is 0.517. The number of ether oxygens (including phenoxy) is 1. The van der Waals surface area contributed by atoms with Gasteiger partial charge in [0.25, 0.3) is 0 Å². The number of anilines is 1. The van der Waals surface area contributed by atoms with Crippen LogP contribution in [0.1, 0.15) is 5.56 Å². The summed E-state index contributed by atoms with van der Waals surface area (Å²) in [6.07, 6.45) is 0. The summed E-state index contributed by atoms with van der Waals surface area (Å²) in [5.41, 5.74) is 3.38. The van der Waals surface area contributed by atoms with Gasteiger partial charge in [-0.15, -0.1) is 0 Å². The molecule has 0 saturated carbocycles. The average molecular weight is 430 g/mol. The van der Waals surface area contributed by atoms with Crippen LogP contribution < -0.4 is 9.64 Å². The summed E-state index contributed by atoms with van der Waals surface area (Å²) in [6, 6.07) is 14.1. The molecule has 0 amide bonds. The highest BCUT2D eigenvalue weighted by molar-refractivity contribution is 7.71. The van der Waals surface area contributed by atoms with Crippen molar-refractivity contribution in [2.24, 2.45) is 0 Å². The number of benzene rings is 2. The summed E-state index contributed by atoms with van der Waals surface area (Å²) in [6.45, 7) is 6.71. The number of nitrogens with zero attached hydrogens (tertiary/aromatic N) is 4. The number of aromatic amines is 1. The van der Waals surface area contributed by atoms with E-state index in [1.807, 2.05) is 16.8 Å². The van der Waals surface area contributed by atoms with Crippen LogP contribution in [0.3, 0.4) is 0 Å². The number of aromatic nitrogens is 3. The molecule has 1 aliphatic rings. The second-order valence-electron chi connectivity index (χ2n) is 7.21. The fourth-order valence-corrected chi connectivity index (χ4v) is 3.98. The van der Waals surface area contributed by atoms with Gasteiger partial charge >= 0.3 is 0 Å². The molecule has 0 unspecified atom stereocenters. The number of halogens is 1. The lowest BCUT2D eigenvalue weighted by atomic mass is 10.2. The number of methoxy groups -OCH3 is 1. The number of piperazine rings is 1. The fraction of sp³-hybridized carbons (Fsp3) is 0.333. The third-order valence-electron chi connectivity index (χ3n) is 5.18. The number of rotatable bonds is 5. The van der Waals surface area contributed by atoms with Gasteiger partial charge in [0.05, 0.1) is 19.3 Å². The van der Waals surface area contributed by atoms with E-state index in [-0.39, 0.29) is 0 Å². The highest BCUT2D eigenvalue weighted by atomic mass is 35.5. The van der Waals surface area contributed by atoms with Crippen LogP contribution in [-0.2, 0) is 6.67 Å². The van der Waals surface area contributed by atoms with E-state index in [0.29, 0.717) is 28.0 Å². The predicted octanol–water partition coefficient (Wildman–Crippen LogP) is 4.36. The molecule has 0 radical (unpaired) electrons. The minimum atomic E-state index is 0.517. The van der Waals surface area contributed by atoms with Gasteiger partial charge in [0.15, 0.2) is 5.82 Å². The van der Waals surface area contributed by atoms with Crippen LogP contribution in [0.4, 0.5) is 5.69 Å². The molecule has 4 rings (SSSR count). The summed E-state index contributed by atoms with van der Waals surface area (Å²) in [5.74, 6) is 1.37. The molecule has 1 aliphatic heterocycles.